The lowest BCUT2D eigenvalue weighted by Crippen LogP contribution is -2.50. The molecule has 140 valence electrons. The molecule has 0 radical (unpaired) electrons. The molecule has 2 aromatic rings. The molecular formula is C16H17F3N4O3. The Bertz CT molecular complexity index is 864. The second-order valence-corrected chi connectivity index (χ2v) is 5.97. The highest BCUT2D eigenvalue weighted by atomic mass is 19.4. The van der Waals surface area contributed by atoms with Crippen LogP contribution in [-0.2, 0) is 6.18 Å². The summed E-state index contributed by atoms with van der Waals surface area (Å²) in [4.78, 5) is 13.9. The average molecular weight is 370 g/mol. The fraction of sp³-hybridized carbons (Fsp3) is 0.438. The number of piperazine rings is 1. The third-order valence-electron chi connectivity index (χ3n) is 4.36. The van der Waals surface area contributed by atoms with Crippen molar-refractivity contribution in [2.75, 3.05) is 31.1 Å². The van der Waals surface area contributed by atoms with E-state index in [1.807, 2.05) is 4.90 Å². The highest BCUT2D eigenvalue weighted by Crippen LogP contribution is 2.30. The maximum Gasteiger partial charge on any atom is 0.486 e. The fourth-order valence-electron chi connectivity index (χ4n) is 3.06. The van der Waals surface area contributed by atoms with Gasteiger partial charge in [-0.3, -0.25) is 4.79 Å². The zero-order valence-corrected chi connectivity index (χ0v) is 14.0. The van der Waals surface area contributed by atoms with Crippen molar-refractivity contribution in [2.45, 2.75) is 19.5 Å². The van der Waals surface area contributed by atoms with Crippen molar-refractivity contribution in [3.05, 3.63) is 40.0 Å². The number of benzene rings is 1. The van der Waals surface area contributed by atoms with Crippen LogP contribution in [0.3, 0.4) is 0 Å². The molecule has 0 bridgehead atoms. The first kappa shape index (κ1) is 18.2. The fourth-order valence-corrected chi connectivity index (χ4v) is 3.06. The smallest absolute Gasteiger partial charge is 0.486 e. The van der Waals surface area contributed by atoms with Crippen LogP contribution in [0.5, 0.6) is 0 Å². The first-order valence-electron chi connectivity index (χ1n) is 8.14. The molecule has 0 saturated carbocycles. The molecule has 0 aliphatic carbocycles. The lowest BCUT2D eigenvalue weighted by atomic mass is 10.1. The molecule has 1 N–H and O–H groups in total. The summed E-state index contributed by atoms with van der Waals surface area (Å²) in [6.45, 7) is 4.10. The van der Waals surface area contributed by atoms with Gasteiger partial charge in [0.05, 0.1) is 0 Å². The van der Waals surface area contributed by atoms with Gasteiger partial charge in [0.2, 0.25) is 5.78 Å². The second-order valence-electron chi connectivity index (χ2n) is 5.97. The first-order valence-corrected chi connectivity index (χ1v) is 8.14. The minimum absolute atomic E-state index is 0.0654. The van der Waals surface area contributed by atoms with Crippen LogP contribution in [0.1, 0.15) is 29.5 Å². The van der Waals surface area contributed by atoms with Crippen LogP contribution < -0.4 is 19.7 Å². The van der Waals surface area contributed by atoms with Gasteiger partial charge in [0.1, 0.15) is 0 Å². The maximum absolute atomic E-state index is 13.3. The van der Waals surface area contributed by atoms with Crippen molar-refractivity contribution < 1.29 is 27.4 Å². The number of ketones is 1. The Labute approximate surface area is 146 Å². The molecule has 1 aliphatic heterocycles. The number of nitrogens with zero attached hydrogens (tertiary/aromatic N) is 3. The molecule has 10 heteroatoms. The number of anilines is 1. The molecule has 26 heavy (non-hydrogen) atoms. The van der Waals surface area contributed by atoms with Crippen molar-refractivity contribution >= 4 is 22.5 Å². The average Bonchev–Trinajstić information content (AvgIpc) is 2.63. The summed E-state index contributed by atoms with van der Waals surface area (Å²) in [5.41, 5.74) is -3.03. The van der Waals surface area contributed by atoms with Crippen LogP contribution in [0.15, 0.2) is 18.2 Å². The summed E-state index contributed by atoms with van der Waals surface area (Å²) in [5, 5.41) is 28.1. The Hall–Kier alpha value is -2.62. The molecule has 1 aromatic carbocycles. The van der Waals surface area contributed by atoms with Gasteiger partial charge in [-0.25, -0.2) is 0 Å². The molecule has 1 aromatic heterocycles. The van der Waals surface area contributed by atoms with Gasteiger partial charge in [0, 0.05) is 50.4 Å². The van der Waals surface area contributed by atoms with E-state index in [1.54, 1.807) is 0 Å². The summed E-state index contributed by atoms with van der Waals surface area (Å²) < 4.78 is 39.6. The summed E-state index contributed by atoms with van der Waals surface area (Å²) >= 11 is 0. The van der Waals surface area contributed by atoms with Crippen LogP contribution >= 0.6 is 0 Å². The molecule has 7 nitrogen and oxygen atoms in total. The molecule has 0 unspecified atom stereocenters. The highest BCUT2D eigenvalue weighted by molar-refractivity contribution is 5.94. The number of carbonyl (C=O) groups excluding carboxylic acids is 1. The van der Waals surface area contributed by atoms with Crippen molar-refractivity contribution in [1.29, 1.82) is 0 Å². The predicted molar refractivity (Wildman–Crippen MR) is 86.6 cm³/mol. The molecule has 0 atom stereocenters. The largest absolute Gasteiger partial charge is 0.618 e. The molecule has 1 saturated heterocycles. The van der Waals surface area contributed by atoms with E-state index in [0.717, 1.165) is 13.1 Å². The van der Waals surface area contributed by atoms with Gasteiger partial charge in [-0.2, -0.15) is 17.9 Å². The molecule has 2 heterocycles. The first-order chi connectivity index (χ1) is 12.3. The lowest BCUT2D eigenvalue weighted by Gasteiger charge is -2.29. The molecule has 3 rings (SSSR count). The SMILES string of the molecule is CCC(=O)c1c(C(F)(F)F)[n+]([O-])c2ccc(N3CCNCC3)cc2[n+]1[O-]. The van der Waals surface area contributed by atoms with E-state index in [1.165, 1.54) is 25.1 Å². The predicted octanol–water partition coefficient (Wildman–Crippen LogP) is 1.13. The number of nitrogens with one attached hydrogen (secondary N) is 1. The van der Waals surface area contributed by atoms with E-state index >= 15 is 0 Å². The molecule has 1 fully saturated rings. The van der Waals surface area contributed by atoms with Gasteiger partial charge in [-0.05, 0) is 6.07 Å². The molecule has 0 spiro atoms. The number of carbonyl (C=O) groups is 1. The van der Waals surface area contributed by atoms with Gasteiger partial charge in [-0.1, -0.05) is 6.92 Å². The number of hydrogen-bond donors (Lipinski definition) is 1. The minimum Gasteiger partial charge on any atom is -0.618 e. The summed E-state index contributed by atoms with van der Waals surface area (Å²) in [6.07, 6.45) is -5.45. The Morgan fingerprint density at radius 2 is 1.85 bits per heavy atom. The van der Waals surface area contributed by atoms with Gasteiger partial charge in [0.15, 0.2) is 0 Å². The maximum atomic E-state index is 13.3. The van der Waals surface area contributed by atoms with Crippen molar-refractivity contribution in [2.24, 2.45) is 0 Å². The number of halogens is 3. The third-order valence-corrected chi connectivity index (χ3v) is 4.36. The van der Waals surface area contributed by atoms with E-state index in [0.29, 0.717) is 18.8 Å². The van der Waals surface area contributed by atoms with Crippen molar-refractivity contribution in [1.82, 2.24) is 5.32 Å². The monoisotopic (exact) mass is 370 g/mol. The number of hydrogen-bond acceptors (Lipinski definition) is 5. The topological polar surface area (TPSA) is 86.2 Å². The highest BCUT2D eigenvalue weighted by Gasteiger charge is 2.50. The Kier molecular flexibility index (Phi) is 4.61. The minimum atomic E-state index is -5.13. The number of Topliss-reactive ketones (excluding diaryl/α,β-unsaturated/α-hetero) is 1. The molecule has 1 aliphatic rings. The number of aromatic nitrogens is 2. The molecular weight excluding hydrogens is 353 g/mol. The Balaban J connectivity index is 2.28. The standard InChI is InChI=1S/C16H17F3N4O3/c1-2-13(24)14-15(16(17,18)19)23(26)11-4-3-10(9-12(11)22(14)25)21-7-5-20-6-8-21/h3-4,9,20H,2,5-8H2,1H3. The Morgan fingerprint density at radius 1 is 1.19 bits per heavy atom. The summed E-state index contributed by atoms with van der Waals surface area (Å²) in [7, 11) is 0. The Morgan fingerprint density at radius 3 is 2.42 bits per heavy atom. The molecule has 0 amide bonds. The van der Waals surface area contributed by atoms with Crippen LogP contribution in [0.4, 0.5) is 18.9 Å². The zero-order valence-electron chi connectivity index (χ0n) is 14.0. The van der Waals surface area contributed by atoms with Crippen LogP contribution in [0.25, 0.3) is 11.0 Å². The lowest BCUT2D eigenvalue weighted by molar-refractivity contribution is -0.647. The van der Waals surface area contributed by atoms with E-state index in [-0.39, 0.29) is 21.4 Å². The van der Waals surface area contributed by atoms with E-state index in [2.05, 4.69) is 5.32 Å². The van der Waals surface area contributed by atoms with Gasteiger partial charge >= 0.3 is 17.6 Å². The quantitative estimate of drug-likeness (QED) is 0.497. The normalized spacial score (nSPS) is 15.5. The number of fused-ring (bicyclic) bond motifs is 1. The zero-order chi connectivity index (χ0) is 19.1. The third kappa shape index (κ3) is 3.00. The van der Waals surface area contributed by atoms with E-state index in [9.17, 15) is 28.4 Å². The van der Waals surface area contributed by atoms with E-state index in [4.69, 9.17) is 0 Å². The van der Waals surface area contributed by atoms with E-state index < -0.39 is 28.9 Å². The van der Waals surface area contributed by atoms with Crippen molar-refractivity contribution in [3.63, 3.8) is 0 Å². The van der Waals surface area contributed by atoms with Crippen LogP contribution in [-0.4, -0.2) is 32.0 Å². The second kappa shape index (κ2) is 6.60. The summed E-state index contributed by atoms with van der Waals surface area (Å²) in [5.74, 6) is -1.04. The van der Waals surface area contributed by atoms with Gasteiger partial charge in [-0.15, -0.1) is 4.73 Å². The van der Waals surface area contributed by atoms with Crippen LogP contribution in [0.2, 0.25) is 0 Å². The van der Waals surface area contributed by atoms with Gasteiger partial charge < -0.3 is 20.6 Å². The van der Waals surface area contributed by atoms with Gasteiger partial charge in [0.25, 0.3) is 11.0 Å². The van der Waals surface area contributed by atoms with Crippen molar-refractivity contribution in [3.8, 4) is 0 Å². The summed E-state index contributed by atoms with van der Waals surface area (Å²) in [6, 6.07) is 4.04. The number of alkyl halides is 3. The van der Waals surface area contributed by atoms with Crippen LogP contribution in [0, 0.1) is 10.4 Å². The number of rotatable bonds is 3.